The topological polar surface area (TPSA) is 38.5 Å². The normalized spacial score (nSPS) is 21.4. The Labute approximate surface area is 104 Å². The first-order chi connectivity index (χ1) is 8.28. The molecule has 0 bridgehead atoms. The first-order valence-electron chi connectivity index (χ1n) is 6.52. The highest BCUT2D eigenvalue weighted by atomic mass is 16.5. The van der Waals surface area contributed by atoms with Gasteiger partial charge in [0.15, 0.2) is 0 Å². The summed E-state index contributed by atoms with van der Waals surface area (Å²) in [4.78, 5) is 2.49. The van der Waals surface area contributed by atoms with Crippen LogP contribution >= 0.6 is 0 Å². The maximum absolute atomic E-state index is 5.99. The standard InChI is InChI=1S/C14H22N2O/c1-2-9-16-10-3-4-14(11-16)17-13-7-5-12(15)6-8-13/h5-8,14H,2-4,9-11,15H2,1H3. The predicted octanol–water partition coefficient (Wildman–Crippen LogP) is 2.52. The van der Waals surface area contributed by atoms with Gasteiger partial charge in [-0.3, -0.25) is 4.90 Å². The molecule has 1 aliphatic heterocycles. The van der Waals surface area contributed by atoms with Crippen molar-refractivity contribution in [1.82, 2.24) is 4.90 Å². The van der Waals surface area contributed by atoms with Crippen molar-refractivity contribution >= 4 is 5.69 Å². The van der Waals surface area contributed by atoms with Gasteiger partial charge in [-0.25, -0.2) is 0 Å². The molecule has 0 radical (unpaired) electrons. The largest absolute Gasteiger partial charge is 0.489 e. The number of hydrogen-bond donors (Lipinski definition) is 1. The lowest BCUT2D eigenvalue weighted by molar-refractivity contribution is 0.0887. The maximum Gasteiger partial charge on any atom is 0.119 e. The van der Waals surface area contributed by atoms with Crippen LogP contribution in [0.25, 0.3) is 0 Å². The molecule has 2 N–H and O–H groups in total. The number of hydrogen-bond acceptors (Lipinski definition) is 3. The summed E-state index contributed by atoms with van der Waals surface area (Å²) in [6.45, 7) is 5.68. The molecule has 1 aliphatic rings. The smallest absolute Gasteiger partial charge is 0.119 e. The molecule has 1 unspecified atom stereocenters. The van der Waals surface area contributed by atoms with E-state index in [2.05, 4.69) is 11.8 Å². The van der Waals surface area contributed by atoms with Crippen LogP contribution in [0.1, 0.15) is 26.2 Å². The summed E-state index contributed by atoms with van der Waals surface area (Å²) in [5.41, 5.74) is 6.44. The molecule has 0 spiro atoms. The summed E-state index contributed by atoms with van der Waals surface area (Å²) in [5.74, 6) is 0.933. The first kappa shape index (κ1) is 12.2. The molecule has 1 heterocycles. The lowest BCUT2D eigenvalue weighted by Gasteiger charge is -2.32. The summed E-state index contributed by atoms with van der Waals surface area (Å²) in [6, 6.07) is 7.69. The van der Waals surface area contributed by atoms with Gasteiger partial charge < -0.3 is 10.5 Å². The SMILES string of the molecule is CCCN1CCCC(Oc2ccc(N)cc2)C1. The van der Waals surface area contributed by atoms with E-state index in [1.165, 1.54) is 25.9 Å². The third-order valence-electron chi connectivity index (χ3n) is 3.18. The number of nitrogens with zero attached hydrogens (tertiary/aromatic N) is 1. The van der Waals surface area contributed by atoms with E-state index >= 15 is 0 Å². The Kier molecular flexibility index (Phi) is 4.26. The number of ether oxygens (including phenoxy) is 1. The van der Waals surface area contributed by atoms with E-state index in [4.69, 9.17) is 10.5 Å². The van der Waals surface area contributed by atoms with Crippen molar-refractivity contribution < 1.29 is 4.74 Å². The number of nitrogen functional groups attached to an aromatic ring is 1. The summed E-state index contributed by atoms with van der Waals surface area (Å²) < 4.78 is 5.99. The summed E-state index contributed by atoms with van der Waals surface area (Å²) in [5, 5.41) is 0. The van der Waals surface area contributed by atoms with Crippen molar-refractivity contribution in [1.29, 1.82) is 0 Å². The minimum Gasteiger partial charge on any atom is -0.489 e. The fraction of sp³-hybridized carbons (Fsp3) is 0.571. The van der Waals surface area contributed by atoms with E-state index in [1.807, 2.05) is 24.3 Å². The minimum absolute atomic E-state index is 0.332. The molecule has 0 amide bonds. The molecule has 2 rings (SSSR count). The van der Waals surface area contributed by atoms with Crippen molar-refractivity contribution in [3.8, 4) is 5.75 Å². The fourth-order valence-corrected chi connectivity index (χ4v) is 2.37. The molecule has 1 fully saturated rings. The highest BCUT2D eigenvalue weighted by molar-refractivity contribution is 5.41. The molecular formula is C14H22N2O. The van der Waals surface area contributed by atoms with E-state index in [-0.39, 0.29) is 0 Å². The van der Waals surface area contributed by atoms with E-state index in [0.29, 0.717) is 6.10 Å². The van der Waals surface area contributed by atoms with Gasteiger partial charge in [0.05, 0.1) is 0 Å². The molecule has 1 saturated heterocycles. The number of rotatable bonds is 4. The zero-order valence-electron chi connectivity index (χ0n) is 10.6. The molecule has 1 aromatic rings. The second kappa shape index (κ2) is 5.92. The number of likely N-dealkylation sites (tertiary alicyclic amines) is 1. The van der Waals surface area contributed by atoms with Gasteiger partial charge in [0, 0.05) is 12.2 Å². The minimum atomic E-state index is 0.332. The third kappa shape index (κ3) is 3.63. The Hall–Kier alpha value is -1.22. The van der Waals surface area contributed by atoms with Crippen molar-refractivity contribution in [3.63, 3.8) is 0 Å². The zero-order chi connectivity index (χ0) is 12.1. The average Bonchev–Trinajstić information content (AvgIpc) is 2.33. The molecule has 0 saturated carbocycles. The van der Waals surface area contributed by atoms with Crippen LogP contribution in [-0.4, -0.2) is 30.6 Å². The highest BCUT2D eigenvalue weighted by Gasteiger charge is 2.20. The summed E-state index contributed by atoms with van der Waals surface area (Å²) >= 11 is 0. The van der Waals surface area contributed by atoms with E-state index in [1.54, 1.807) is 0 Å². The highest BCUT2D eigenvalue weighted by Crippen LogP contribution is 2.19. The first-order valence-corrected chi connectivity index (χ1v) is 6.52. The molecule has 1 atom stereocenters. The molecule has 0 aliphatic carbocycles. The lowest BCUT2D eigenvalue weighted by atomic mass is 10.1. The van der Waals surface area contributed by atoms with E-state index in [9.17, 15) is 0 Å². The molecule has 94 valence electrons. The van der Waals surface area contributed by atoms with Gasteiger partial charge in [-0.05, 0) is 56.6 Å². The molecule has 0 aromatic heterocycles. The van der Waals surface area contributed by atoms with Gasteiger partial charge in [0.2, 0.25) is 0 Å². The number of piperidine rings is 1. The van der Waals surface area contributed by atoms with Crippen LogP contribution in [-0.2, 0) is 0 Å². The van der Waals surface area contributed by atoms with Crippen molar-refractivity contribution in [2.75, 3.05) is 25.4 Å². The van der Waals surface area contributed by atoms with Crippen LogP contribution in [0.15, 0.2) is 24.3 Å². The van der Waals surface area contributed by atoms with Crippen LogP contribution in [0.3, 0.4) is 0 Å². The molecule has 3 nitrogen and oxygen atoms in total. The Balaban J connectivity index is 1.87. The summed E-state index contributed by atoms with van der Waals surface area (Å²) in [7, 11) is 0. The third-order valence-corrected chi connectivity index (χ3v) is 3.18. The van der Waals surface area contributed by atoms with Gasteiger partial charge in [-0.15, -0.1) is 0 Å². The Morgan fingerprint density at radius 3 is 2.82 bits per heavy atom. The van der Waals surface area contributed by atoms with Gasteiger partial charge in [-0.1, -0.05) is 6.92 Å². The van der Waals surface area contributed by atoms with Crippen LogP contribution < -0.4 is 10.5 Å². The number of anilines is 1. The monoisotopic (exact) mass is 234 g/mol. The molecular weight excluding hydrogens is 212 g/mol. The van der Waals surface area contributed by atoms with Gasteiger partial charge in [0.25, 0.3) is 0 Å². The molecule has 3 heteroatoms. The zero-order valence-corrected chi connectivity index (χ0v) is 10.6. The van der Waals surface area contributed by atoms with Crippen LogP contribution in [0, 0.1) is 0 Å². The average molecular weight is 234 g/mol. The second-order valence-corrected chi connectivity index (χ2v) is 4.75. The predicted molar refractivity (Wildman–Crippen MR) is 71.2 cm³/mol. The van der Waals surface area contributed by atoms with Crippen LogP contribution in [0.4, 0.5) is 5.69 Å². The van der Waals surface area contributed by atoms with Gasteiger partial charge in [0.1, 0.15) is 11.9 Å². The Morgan fingerprint density at radius 2 is 2.12 bits per heavy atom. The summed E-state index contributed by atoms with van der Waals surface area (Å²) in [6.07, 6.45) is 3.94. The maximum atomic E-state index is 5.99. The Morgan fingerprint density at radius 1 is 1.35 bits per heavy atom. The van der Waals surface area contributed by atoms with E-state index in [0.717, 1.165) is 24.4 Å². The second-order valence-electron chi connectivity index (χ2n) is 4.75. The number of nitrogens with two attached hydrogens (primary N) is 1. The van der Waals surface area contributed by atoms with Crippen molar-refractivity contribution in [3.05, 3.63) is 24.3 Å². The molecule has 1 aromatic carbocycles. The van der Waals surface area contributed by atoms with Gasteiger partial charge in [-0.2, -0.15) is 0 Å². The quantitative estimate of drug-likeness (QED) is 0.814. The van der Waals surface area contributed by atoms with Crippen molar-refractivity contribution in [2.24, 2.45) is 0 Å². The fourth-order valence-electron chi connectivity index (χ4n) is 2.37. The number of benzene rings is 1. The van der Waals surface area contributed by atoms with Crippen LogP contribution in [0.2, 0.25) is 0 Å². The van der Waals surface area contributed by atoms with E-state index < -0.39 is 0 Å². The van der Waals surface area contributed by atoms with Crippen LogP contribution in [0.5, 0.6) is 5.75 Å². The molecule has 17 heavy (non-hydrogen) atoms. The van der Waals surface area contributed by atoms with Crippen molar-refractivity contribution in [2.45, 2.75) is 32.3 Å². The lowest BCUT2D eigenvalue weighted by Crippen LogP contribution is -2.41. The van der Waals surface area contributed by atoms with Gasteiger partial charge >= 0.3 is 0 Å². The Bertz CT molecular complexity index is 335.